The van der Waals surface area contributed by atoms with Crippen molar-refractivity contribution < 1.29 is 0 Å². The molecule has 0 heterocycles. The first kappa shape index (κ1) is 10.3. The zero-order chi connectivity index (χ0) is 10.0. The van der Waals surface area contributed by atoms with E-state index in [0.717, 1.165) is 18.4 Å². The van der Waals surface area contributed by atoms with Gasteiger partial charge in [0.15, 0.2) is 0 Å². The SMILES string of the molecule is C=C(CN)CC1C(=C)CC(=C)C1C. The molecule has 1 aliphatic rings. The summed E-state index contributed by atoms with van der Waals surface area (Å²) >= 11 is 0. The number of rotatable bonds is 3. The average molecular weight is 177 g/mol. The van der Waals surface area contributed by atoms with Crippen LogP contribution in [0.1, 0.15) is 19.8 Å². The molecular weight excluding hydrogens is 158 g/mol. The lowest BCUT2D eigenvalue weighted by Gasteiger charge is -2.17. The lowest BCUT2D eigenvalue weighted by Crippen LogP contribution is -2.11. The first-order valence-corrected chi connectivity index (χ1v) is 4.78. The monoisotopic (exact) mass is 177 g/mol. The van der Waals surface area contributed by atoms with Gasteiger partial charge in [0.05, 0.1) is 0 Å². The molecule has 13 heavy (non-hydrogen) atoms. The Labute approximate surface area is 81.0 Å². The van der Waals surface area contributed by atoms with Gasteiger partial charge in [0.2, 0.25) is 0 Å². The Balaban J connectivity index is 2.64. The van der Waals surface area contributed by atoms with E-state index in [-0.39, 0.29) is 0 Å². The van der Waals surface area contributed by atoms with E-state index in [1.807, 2.05) is 0 Å². The predicted octanol–water partition coefficient (Wildman–Crippen LogP) is 2.66. The summed E-state index contributed by atoms with van der Waals surface area (Å²) < 4.78 is 0. The summed E-state index contributed by atoms with van der Waals surface area (Å²) in [6.07, 6.45) is 1.97. The van der Waals surface area contributed by atoms with Crippen LogP contribution < -0.4 is 5.73 Å². The molecule has 2 N–H and O–H groups in total. The Morgan fingerprint density at radius 3 is 2.46 bits per heavy atom. The molecule has 1 saturated carbocycles. The van der Waals surface area contributed by atoms with E-state index in [2.05, 4.69) is 26.7 Å². The van der Waals surface area contributed by atoms with Gasteiger partial charge < -0.3 is 5.73 Å². The van der Waals surface area contributed by atoms with Gasteiger partial charge in [-0.1, -0.05) is 43.4 Å². The molecule has 0 aromatic carbocycles. The van der Waals surface area contributed by atoms with Crippen molar-refractivity contribution >= 4 is 0 Å². The topological polar surface area (TPSA) is 26.0 Å². The summed E-state index contributed by atoms with van der Waals surface area (Å²) in [5.74, 6) is 1.08. The summed E-state index contributed by atoms with van der Waals surface area (Å²) in [6.45, 7) is 14.9. The van der Waals surface area contributed by atoms with Crippen LogP contribution in [0.5, 0.6) is 0 Å². The van der Waals surface area contributed by atoms with Crippen molar-refractivity contribution in [3.63, 3.8) is 0 Å². The lowest BCUT2D eigenvalue weighted by atomic mass is 9.88. The molecule has 1 heteroatoms. The van der Waals surface area contributed by atoms with Crippen LogP contribution in [0, 0.1) is 11.8 Å². The molecule has 2 atom stereocenters. The molecule has 2 unspecified atom stereocenters. The van der Waals surface area contributed by atoms with Crippen molar-refractivity contribution in [3.8, 4) is 0 Å². The fraction of sp³-hybridized carbons (Fsp3) is 0.500. The Bertz CT molecular complexity index is 250. The Kier molecular flexibility index (Phi) is 3.10. The van der Waals surface area contributed by atoms with Crippen molar-refractivity contribution in [2.24, 2.45) is 17.6 Å². The lowest BCUT2D eigenvalue weighted by molar-refractivity contribution is 0.507. The highest BCUT2D eigenvalue weighted by atomic mass is 14.5. The van der Waals surface area contributed by atoms with E-state index in [1.165, 1.54) is 11.1 Å². The highest BCUT2D eigenvalue weighted by Crippen LogP contribution is 2.41. The molecule has 72 valence electrons. The minimum Gasteiger partial charge on any atom is -0.327 e. The zero-order valence-corrected chi connectivity index (χ0v) is 8.47. The van der Waals surface area contributed by atoms with Gasteiger partial charge in [-0.2, -0.15) is 0 Å². The molecule has 0 saturated heterocycles. The molecule has 0 amide bonds. The van der Waals surface area contributed by atoms with Gasteiger partial charge in [-0.3, -0.25) is 0 Å². The molecule has 0 bridgehead atoms. The largest absolute Gasteiger partial charge is 0.327 e. The quantitative estimate of drug-likeness (QED) is 0.659. The molecular formula is C12H19N. The van der Waals surface area contributed by atoms with Crippen LogP contribution in [-0.4, -0.2) is 6.54 Å². The highest BCUT2D eigenvalue weighted by molar-refractivity contribution is 5.27. The van der Waals surface area contributed by atoms with Crippen molar-refractivity contribution in [3.05, 3.63) is 36.5 Å². The maximum absolute atomic E-state index is 5.52. The van der Waals surface area contributed by atoms with Crippen molar-refractivity contribution in [2.45, 2.75) is 19.8 Å². The summed E-state index contributed by atoms with van der Waals surface area (Å²) in [6, 6.07) is 0. The molecule has 0 radical (unpaired) electrons. The second kappa shape index (κ2) is 3.93. The molecule has 1 aliphatic carbocycles. The van der Waals surface area contributed by atoms with E-state index >= 15 is 0 Å². The molecule has 1 rings (SSSR count). The molecule has 0 spiro atoms. The van der Waals surface area contributed by atoms with Gasteiger partial charge in [0.25, 0.3) is 0 Å². The van der Waals surface area contributed by atoms with E-state index in [1.54, 1.807) is 0 Å². The third-order valence-corrected chi connectivity index (χ3v) is 3.02. The third-order valence-electron chi connectivity index (χ3n) is 3.02. The van der Waals surface area contributed by atoms with Crippen LogP contribution in [0.4, 0.5) is 0 Å². The van der Waals surface area contributed by atoms with Crippen LogP contribution in [0.15, 0.2) is 36.5 Å². The van der Waals surface area contributed by atoms with Gasteiger partial charge in [-0.15, -0.1) is 0 Å². The Morgan fingerprint density at radius 2 is 2.08 bits per heavy atom. The molecule has 1 fully saturated rings. The van der Waals surface area contributed by atoms with E-state index in [0.29, 0.717) is 18.4 Å². The van der Waals surface area contributed by atoms with Crippen molar-refractivity contribution in [1.29, 1.82) is 0 Å². The Morgan fingerprint density at radius 1 is 1.46 bits per heavy atom. The summed E-state index contributed by atoms with van der Waals surface area (Å²) in [4.78, 5) is 0. The number of hydrogen-bond donors (Lipinski definition) is 1. The minimum absolute atomic E-state index is 0.531. The fourth-order valence-electron chi connectivity index (χ4n) is 1.94. The Hall–Kier alpha value is -0.820. The molecule has 0 aromatic heterocycles. The van der Waals surface area contributed by atoms with Crippen LogP contribution in [0.2, 0.25) is 0 Å². The standard InChI is InChI=1S/C12H19N/c1-8(7-13)5-12-10(3)6-9(2)11(12)4/h11-12H,1-3,5-7,13H2,4H3. The van der Waals surface area contributed by atoms with Crippen molar-refractivity contribution in [1.82, 2.24) is 0 Å². The van der Waals surface area contributed by atoms with Gasteiger partial charge >= 0.3 is 0 Å². The fourth-order valence-corrected chi connectivity index (χ4v) is 1.94. The van der Waals surface area contributed by atoms with Crippen LogP contribution >= 0.6 is 0 Å². The summed E-state index contributed by atoms with van der Waals surface area (Å²) in [7, 11) is 0. The normalized spacial score (nSPS) is 28.2. The summed E-state index contributed by atoms with van der Waals surface area (Å²) in [5, 5.41) is 0. The second-order valence-corrected chi connectivity index (χ2v) is 4.05. The van der Waals surface area contributed by atoms with Gasteiger partial charge in [0.1, 0.15) is 0 Å². The number of hydrogen-bond acceptors (Lipinski definition) is 1. The van der Waals surface area contributed by atoms with Crippen molar-refractivity contribution in [2.75, 3.05) is 6.54 Å². The van der Waals surface area contributed by atoms with E-state index in [9.17, 15) is 0 Å². The summed E-state index contributed by atoms with van der Waals surface area (Å²) in [5.41, 5.74) is 9.25. The molecule has 0 aromatic rings. The van der Waals surface area contributed by atoms with Crippen LogP contribution in [0.3, 0.4) is 0 Å². The zero-order valence-electron chi connectivity index (χ0n) is 8.47. The average Bonchev–Trinajstić information content (AvgIpc) is 2.32. The molecule has 1 nitrogen and oxygen atoms in total. The highest BCUT2D eigenvalue weighted by Gasteiger charge is 2.29. The van der Waals surface area contributed by atoms with Crippen LogP contribution in [0.25, 0.3) is 0 Å². The maximum atomic E-state index is 5.52. The minimum atomic E-state index is 0.531. The van der Waals surface area contributed by atoms with E-state index in [4.69, 9.17) is 5.73 Å². The van der Waals surface area contributed by atoms with E-state index < -0.39 is 0 Å². The molecule has 0 aliphatic heterocycles. The second-order valence-electron chi connectivity index (χ2n) is 4.05. The van der Waals surface area contributed by atoms with Gasteiger partial charge in [0, 0.05) is 6.54 Å². The van der Waals surface area contributed by atoms with Crippen LogP contribution in [-0.2, 0) is 0 Å². The number of allylic oxidation sites excluding steroid dienone is 2. The van der Waals surface area contributed by atoms with Gasteiger partial charge in [-0.05, 0) is 24.7 Å². The first-order chi connectivity index (χ1) is 6.06. The maximum Gasteiger partial charge on any atom is 0.0134 e. The third kappa shape index (κ3) is 2.10. The predicted molar refractivity (Wildman–Crippen MR) is 58.4 cm³/mol. The smallest absolute Gasteiger partial charge is 0.0134 e. The number of nitrogens with two attached hydrogens (primary N) is 1. The van der Waals surface area contributed by atoms with Gasteiger partial charge in [-0.25, -0.2) is 0 Å². The first-order valence-electron chi connectivity index (χ1n) is 4.78.